The van der Waals surface area contributed by atoms with Crippen LogP contribution < -0.4 is 10.1 Å². The van der Waals surface area contributed by atoms with E-state index in [1.165, 1.54) is 56.7 Å². The van der Waals surface area contributed by atoms with Crippen LogP contribution in [0.4, 0.5) is 11.4 Å². The predicted octanol–water partition coefficient (Wildman–Crippen LogP) is 6.10. The van der Waals surface area contributed by atoms with Crippen molar-refractivity contribution in [3.8, 4) is 5.75 Å². The topological polar surface area (TPSA) is 81.5 Å². The highest BCUT2D eigenvalue weighted by atomic mass is 35.5. The molecule has 0 aromatic heterocycles. The number of anilines is 1. The Morgan fingerprint density at radius 1 is 1.06 bits per heavy atom. The molecule has 4 aliphatic rings. The molecule has 4 aliphatic carbocycles. The van der Waals surface area contributed by atoms with Crippen molar-refractivity contribution in [3.63, 3.8) is 0 Å². The molecule has 6 nitrogen and oxygen atoms in total. The summed E-state index contributed by atoms with van der Waals surface area (Å²) in [4.78, 5) is 22.9. The summed E-state index contributed by atoms with van der Waals surface area (Å²) in [6, 6.07) is 11.1. The van der Waals surface area contributed by atoms with Gasteiger partial charge in [0.25, 0.3) is 11.6 Å². The molecule has 2 aromatic rings. The largest absolute Gasteiger partial charge is 0.493 e. The van der Waals surface area contributed by atoms with E-state index in [0.29, 0.717) is 11.1 Å². The summed E-state index contributed by atoms with van der Waals surface area (Å²) < 4.78 is 6.19. The van der Waals surface area contributed by atoms with Crippen LogP contribution in [0.25, 0.3) is 0 Å². The minimum absolute atomic E-state index is 0.0676. The Hall–Kier alpha value is -2.60. The molecule has 162 valence electrons. The zero-order valence-electron chi connectivity index (χ0n) is 17.2. The standard InChI is InChI=1S/C24H25ClN2O4/c25-22-6-3-19(27(29)30)10-21(22)23(28)26-18-1-4-20(5-2-18)31-14-24-11-15-7-16(12-24)9-17(8-15)13-24/h1-6,10,15-17H,7-9,11-14H2,(H,26,28). The van der Waals surface area contributed by atoms with Gasteiger partial charge in [0.2, 0.25) is 0 Å². The fraction of sp³-hybridized carbons (Fsp3) is 0.458. The molecule has 4 bridgehead atoms. The van der Waals surface area contributed by atoms with Crippen molar-refractivity contribution in [1.82, 2.24) is 0 Å². The number of benzene rings is 2. The molecule has 0 heterocycles. The molecular formula is C24H25ClN2O4. The summed E-state index contributed by atoms with van der Waals surface area (Å²) in [5, 5.41) is 13.9. The highest BCUT2D eigenvalue weighted by Crippen LogP contribution is 2.60. The van der Waals surface area contributed by atoms with Gasteiger partial charge in [0.05, 0.1) is 22.1 Å². The van der Waals surface area contributed by atoms with Gasteiger partial charge < -0.3 is 10.1 Å². The van der Waals surface area contributed by atoms with Crippen LogP contribution in [0, 0.1) is 33.3 Å². The van der Waals surface area contributed by atoms with Crippen LogP contribution >= 0.6 is 11.6 Å². The fourth-order valence-electron chi connectivity index (χ4n) is 6.34. The van der Waals surface area contributed by atoms with Crippen LogP contribution in [-0.4, -0.2) is 17.4 Å². The van der Waals surface area contributed by atoms with Crippen molar-refractivity contribution >= 4 is 28.9 Å². The maximum atomic E-state index is 12.5. The molecule has 0 radical (unpaired) electrons. The lowest BCUT2D eigenvalue weighted by atomic mass is 9.50. The van der Waals surface area contributed by atoms with Crippen molar-refractivity contribution in [2.24, 2.45) is 23.2 Å². The molecular weight excluding hydrogens is 416 g/mol. The number of nitro groups is 1. The number of non-ortho nitro benzene ring substituents is 1. The molecule has 1 N–H and O–H groups in total. The molecule has 1 amide bonds. The monoisotopic (exact) mass is 440 g/mol. The average Bonchev–Trinajstić information content (AvgIpc) is 2.72. The Balaban J connectivity index is 1.21. The molecule has 0 spiro atoms. The number of rotatable bonds is 6. The van der Waals surface area contributed by atoms with Crippen molar-refractivity contribution in [2.45, 2.75) is 38.5 Å². The minimum Gasteiger partial charge on any atom is -0.493 e. The lowest BCUT2D eigenvalue weighted by molar-refractivity contribution is -0.384. The van der Waals surface area contributed by atoms with E-state index in [2.05, 4.69) is 5.32 Å². The van der Waals surface area contributed by atoms with Crippen molar-refractivity contribution in [2.75, 3.05) is 11.9 Å². The summed E-state index contributed by atoms with van der Waals surface area (Å²) in [6.07, 6.45) is 8.16. The van der Waals surface area contributed by atoms with E-state index in [4.69, 9.17) is 16.3 Å². The number of hydrogen-bond donors (Lipinski definition) is 1. The molecule has 0 aliphatic heterocycles. The van der Waals surface area contributed by atoms with Gasteiger partial charge in [0.15, 0.2) is 0 Å². The number of nitrogens with zero attached hydrogens (tertiary/aromatic N) is 1. The maximum Gasteiger partial charge on any atom is 0.270 e. The lowest BCUT2D eigenvalue weighted by Gasteiger charge is -2.56. The molecule has 4 saturated carbocycles. The van der Waals surface area contributed by atoms with Crippen molar-refractivity contribution in [3.05, 3.63) is 63.2 Å². The number of ether oxygens (including phenoxy) is 1. The Morgan fingerprint density at radius 2 is 1.68 bits per heavy atom. The van der Waals surface area contributed by atoms with Crippen LogP contribution in [0.15, 0.2) is 42.5 Å². The molecule has 0 unspecified atom stereocenters. The van der Waals surface area contributed by atoms with Crippen LogP contribution in [-0.2, 0) is 0 Å². The number of nitro benzene ring substituents is 1. The average molecular weight is 441 g/mol. The summed E-state index contributed by atoms with van der Waals surface area (Å²) >= 11 is 6.05. The van der Waals surface area contributed by atoms with Crippen LogP contribution in [0.3, 0.4) is 0 Å². The van der Waals surface area contributed by atoms with Gasteiger partial charge in [0.1, 0.15) is 5.75 Å². The van der Waals surface area contributed by atoms with Crippen LogP contribution in [0.1, 0.15) is 48.9 Å². The van der Waals surface area contributed by atoms with Crippen LogP contribution in [0.2, 0.25) is 5.02 Å². The Labute approximate surface area is 186 Å². The normalized spacial score (nSPS) is 28.4. The van der Waals surface area contributed by atoms with Crippen LogP contribution in [0.5, 0.6) is 5.75 Å². The SMILES string of the molecule is O=C(Nc1ccc(OCC23CC4CC(CC(C4)C2)C3)cc1)c1cc([N+](=O)[O-])ccc1Cl. The van der Waals surface area contributed by atoms with Gasteiger partial charge in [-0.15, -0.1) is 0 Å². The number of carbonyl (C=O) groups is 1. The molecule has 31 heavy (non-hydrogen) atoms. The number of hydrogen-bond acceptors (Lipinski definition) is 4. The zero-order chi connectivity index (χ0) is 21.6. The number of halogens is 1. The third-order valence-electron chi connectivity index (χ3n) is 7.23. The summed E-state index contributed by atoms with van der Waals surface area (Å²) in [7, 11) is 0. The van der Waals surface area contributed by atoms with Gasteiger partial charge >= 0.3 is 0 Å². The number of nitrogens with one attached hydrogen (secondary N) is 1. The molecule has 6 rings (SSSR count). The number of amides is 1. The third kappa shape index (κ3) is 4.13. The van der Waals surface area contributed by atoms with Gasteiger partial charge in [0, 0.05) is 23.2 Å². The highest BCUT2D eigenvalue weighted by Gasteiger charge is 2.51. The molecule has 0 saturated heterocycles. The second-order valence-corrected chi connectivity index (χ2v) is 10.0. The van der Waals surface area contributed by atoms with Gasteiger partial charge in [-0.2, -0.15) is 0 Å². The second-order valence-electron chi connectivity index (χ2n) is 9.61. The van der Waals surface area contributed by atoms with Gasteiger partial charge in [-0.3, -0.25) is 14.9 Å². The van der Waals surface area contributed by atoms with E-state index in [0.717, 1.165) is 30.1 Å². The smallest absolute Gasteiger partial charge is 0.270 e. The molecule has 4 fully saturated rings. The first kappa shape index (κ1) is 20.3. The number of carbonyl (C=O) groups excluding carboxylic acids is 1. The Bertz CT molecular complexity index is 985. The molecule has 7 heteroatoms. The molecule has 2 aromatic carbocycles. The quantitative estimate of drug-likeness (QED) is 0.435. The van der Waals surface area contributed by atoms with E-state index < -0.39 is 10.8 Å². The maximum absolute atomic E-state index is 12.5. The first-order valence-electron chi connectivity index (χ1n) is 10.9. The summed E-state index contributed by atoms with van der Waals surface area (Å²) in [5.41, 5.74) is 0.816. The third-order valence-corrected chi connectivity index (χ3v) is 7.56. The summed E-state index contributed by atoms with van der Waals surface area (Å²) in [6.45, 7) is 0.769. The second kappa shape index (κ2) is 7.83. The van der Waals surface area contributed by atoms with Crippen molar-refractivity contribution in [1.29, 1.82) is 0 Å². The van der Waals surface area contributed by atoms with E-state index in [1.807, 2.05) is 12.1 Å². The molecule has 0 atom stereocenters. The summed E-state index contributed by atoms with van der Waals surface area (Å²) in [5.74, 6) is 2.99. The first-order chi connectivity index (χ1) is 14.9. The Kier molecular flexibility index (Phi) is 5.13. The van der Waals surface area contributed by atoms with E-state index in [-0.39, 0.29) is 16.3 Å². The predicted molar refractivity (Wildman–Crippen MR) is 119 cm³/mol. The van der Waals surface area contributed by atoms with E-state index >= 15 is 0 Å². The van der Waals surface area contributed by atoms with Gasteiger partial charge in [-0.05, 0) is 86.6 Å². The zero-order valence-corrected chi connectivity index (χ0v) is 17.9. The van der Waals surface area contributed by atoms with E-state index in [9.17, 15) is 14.9 Å². The highest BCUT2D eigenvalue weighted by molar-refractivity contribution is 6.34. The fourth-order valence-corrected chi connectivity index (χ4v) is 6.54. The first-order valence-corrected chi connectivity index (χ1v) is 11.3. The van der Waals surface area contributed by atoms with Gasteiger partial charge in [-0.25, -0.2) is 0 Å². The van der Waals surface area contributed by atoms with E-state index in [1.54, 1.807) is 12.1 Å². The Morgan fingerprint density at radius 3 is 2.26 bits per heavy atom. The van der Waals surface area contributed by atoms with Crippen molar-refractivity contribution < 1.29 is 14.5 Å². The lowest BCUT2D eigenvalue weighted by Crippen LogP contribution is -2.48. The minimum atomic E-state index is -0.553. The van der Waals surface area contributed by atoms with Gasteiger partial charge in [-0.1, -0.05) is 11.6 Å².